The first-order valence-electron chi connectivity index (χ1n) is 6.25. The Balaban J connectivity index is 4.12. The van der Waals surface area contributed by atoms with Crippen molar-refractivity contribution in [3.05, 3.63) is 0 Å². The van der Waals surface area contributed by atoms with E-state index in [1.165, 1.54) is 20.9 Å². The van der Waals surface area contributed by atoms with Gasteiger partial charge in [0.2, 0.25) is 5.91 Å². The Bertz CT molecular complexity index is 342. The summed E-state index contributed by atoms with van der Waals surface area (Å²) < 4.78 is 0. The van der Waals surface area contributed by atoms with Gasteiger partial charge in [-0.3, -0.25) is 4.79 Å². The smallest absolute Gasteiger partial charge is 0.329 e. The molecule has 0 aromatic rings. The molecule has 0 saturated carbocycles. The number of hydrogen-bond acceptors (Lipinski definition) is 3. The molecule has 19 heavy (non-hydrogen) atoms. The summed E-state index contributed by atoms with van der Waals surface area (Å²) in [6.45, 7) is 5.60. The Morgan fingerprint density at radius 2 is 1.74 bits per heavy atom. The van der Waals surface area contributed by atoms with E-state index in [-0.39, 0.29) is 18.9 Å². The largest absolute Gasteiger partial charge is 0.480 e. The third-order valence-electron chi connectivity index (χ3n) is 2.87. The fourth-order valence-corrected chi connectivity index (χ4v) is 1.15. The molecule has 0 aromatic carbocycles. The second kappa shape index (κ2) is 7.60. The van der Waals surface area contributed by atoms with Crippen molar-refractivity contribution < 1.29 is 19.5 Å². The van der Waals surface area contributed by atoms with Crippen LogP contribution in [0, 0.1) is 0 Å². The van der Waals surface area contributed by atoms with Gasteiger partial charge in [-0.05, 0) is 20.3 Å². The molecular weight excluding hydrogens is 250 g/mol. The molecule has 3 amide bonds. The molecule has 7 heteroatoms. The number of rotatable bonds is 7. The number of nitrogens with one attached hydrogen (secondary N) is 2. The van der Waals surface area contributed by atoms with Crippen molar-refractivity contribution in [2.45, 2.75) is 39.2 Å². The number of carboxylic acid groups (broad SMARTS) is 1. The maximum absolute atomic E-state index is 11.7. The summed E-state index contributed by atoms with van der Waals surface area (Å²) in [7, 11) is 1.40. The second-order valence-electron chi connectivity index (χ2n) is 4.76. The Kier molecular flexibility index (Phi) is 6.89. The molecule has 0 radical (unpaired) electrons. The molecule has 0 aliphatic rings. The second-order valence-corrected chi connectivity index (χ2v) is 4.76. The highest BCUT2D eigenvalue weighted by atomic mass is 16.4. The summed E-state index contributed by atoms with van der Waals surface area (Å²) >= 11 is 0. The lowest BCUT2D eigenvalue weighted by Gasteiger charge is -2.31. The van der Waals surface area contributed by atoms with Crippen molar-refractivity contribution >= 4 is 17.9 Å². The highest BCUT2D eigenvalue weighted by Crippen LogP contribution is 2.12. The minimum Gasteiger partial charge on any atom is -0.480 e. The zero-order valence-electron chi connectivity index (χ0n) is 11.9. The molecule has 110 valence electrons. The minimum atomic E-state index is -1.30. The highest BCUT2D eigenvalue weighted by Gasteiger charge is 2.35. The summed E-state index contributed by atoms with van der Waals surface area (Å²) in [4.78, 5) is 35.1. The molecule has 0 saturated heterocycles. The molecule has 0 aliphatic heterocycles. The van der Waals surface area contributed by atoms with Gasteiger partial charge >= 0.3 is 12.0 Å². The van der Waals surface area contributed by atoms with Crippen molar-refractivity contribution in [3.63, 3.8) is 0 Å². The van der Waals surface area contributed by atoms with E-state index in [1.807, 2.05) is 6.92 Å². The first-order valence-corrected chi connectivity index (χ1v) is 6.25. The van der Waals surface area contributed by atoms with Crippen molar-refractivity contribution in [2.75, 3.05) is 20.1 Å². The zero-order chi connectivity index (χ0) is 15.1. The monoisotopic (exact) mass is 273 g/mol. The summed E-state index contributed by atoms with van der Waals surface area (Å²) in [5, 5.41) is 14.2. The Morgan fingerprint density at radius 1 is 1.16 bits per heavy atom. The quantitative estimate of drug-likeness (QED) is 0.625. The van der Waals surface area contributed by atoms with Crippen LogP contribution in [0.1, 0.15) is 33.6 Å². The van der Waals surface area contributed by atoms with Gasteiger partial charge in [0.1, 0.15) is 5.54 Å². The third kappa shape index (κ3) is 5.58. The predicted molar refractivity (Wildman–Crippen MR) is 70.8 cm³/mol. The highest BCUT2D eigenvalue weighted by molar-refractivity contribution is 5.85. The number of carbonyl (C=O) groups is 3. The molecule has 0 atom stereocenters. The summed E-state index contributed by atoms with van der Waals surface area (Å²) in [5.41, 5.74) is -1.30. The van der Waals surface area contributed by atoms with Gasteiger partial charge in [0, 0.05) is 26.6 Å². The van der Waals surface area contributed by atoms with Crippen molar-refractivity contribution in [1.29, 1.82) is 0 Å². The van der Waals surface area contributed by atoms with Crippen LogP contribution in [0.3, 0.4) is 0 Å². The first kappa shape index (κ1) is 17.2. The lowest BCUT2D eigenvalue weighted by molar-refractivity contribution is -0.146. The van der Waals surface area contributed by atoms with Crippen LogP contribution in [0.2, 0.25) is 0 Å². The van der Waals surface area contributed by atoms with Crippen LogP contribution in [-0.4, -0.2) is 53.6 Å². The van der Waals surface area contributed by atoms with Crippen LogP contribution in [0.15, 0.2) is 0 Å². The first-order chi connectivity index (χ1) is 8.73. The van der Waals surface area contributed by atoms with E-state index in [0.717, 1.165) is 11.3 Å². The van der Waals surface area contributed by atoms with E-state index in [1.54, 1.807) is 0 Å². The average Bonchev–Trinajstić information content (AvgIpc) is 2.34. The van der Waals surface area contributed by atoms with Crippen LogP contribution in [0.5, 0.6) is 0 Å². The predicted octanol–water partition coefficient (Wildman–Crippen LogP) is 0.407. The van der Waals surface area contributed by atoms with Gasteiger partial charge in [0.15, 0.2) is 0 Å². The van der Waals surface area contributed by atoms with Crippen molar-refractivity contribution in [1.82, 2.24) is 15.5 Å². The number of hydrogen-bond donors (Lipinski definition) is 3. The summed E-state index contributed by atoms with van der Waals surface area (Å²) in [5.74, 6) is -1.23. The maximum Gasteiger partial charge on any atom is 0.329 e. The van der Waals surface area contributed by atoms with E-state index in [2.05, 4.69) is 10.6 Å². The Hall–Kier alpha value is -1.79. The van der Waals surface area contributed by atoms with Gasteiger partial charge in [-0.2, -0.15) is 0 Å². The van der Waals surface area contributed by atoms with E-state index in [4.69, 9.17) is 5.11 Å². The molecule has 0 unspecified atom stereocenters. The Morgan fingerprint density at radius 3 is 2.21 bits per heavy atom. The third-order valence-corrected chi connectivity index (χ3v) is 2.87. The molecule has 0 fully saturated rings. The standard InChI is InChI=1S/C12H23N3O4/c1-5-7-13-9(16)6-8-14-11(19)15(4)12(2,3)10(17)18/h5-8H2,1-4H3,(H,13,16)(H,14,19)(H,17,18). The Labute approximate surface area is 113 Å². The van der Waals surface area contributed by atoms with Crippen molar-refractivity contribution in [2.24, 2.45) is 0 Å². The lowest BCUT2D eigenvalue weighted by atomic mass is 10.1. The van der Waals surface area contributed by atoms with E-state index < -0.39 is 17.5 Å². The van der Waals surface area contributed by atoms with E-state index in [9.17, 15) is 14.4 Å². The van der Waals surface area contributed by atoms with Crippen molar-refractivity contribution in [3.8, 4) is 0 Å². The lowest BCUT2D eigenvalue weighted by Crippen LogP contribution is -2.54. The number of urea groups is 1. The number of carboxylic acids is 1. The van der Waals surface area contributed by atoms with Crippen LogP contribution in [-0.2, 0) is 9.59 Å². The van der Waals surface area contributed by atoms with E-state index >= 15 is 0 Å². The molecule has 0 spiro atoms. The fourth-order valence-electron chi connectivity index (χ4n) is 1.15. The molecular formula is C12H23N3O4. The van der Waals surface area contributed by atoms with Gasteiger partial charge in [-0.1, -0.05) is 6.92 Å². The van der Waals surface area contributed by atoms with Crippen LogP contribution in [0.25, 0.3) is 0 Å². The molecule has 7 nitrogen and oxygen atoms in total. The number of carbonyl (C=O) groups excluding carboxylic acids is 2. The van der Waals surface area contributed by atoms with Gasteiger partial charge in [-0.25, -0.2) is 9.59 Å². The molecule has 3 N–H and O–H groups in total. The van der Waals surface area contributed by atoms with Gasteiger partial charge < -0.3 is 20.6 Å². The number of amides is 3. The van der Waals surface area contributed by atoms with Crippen LogP contribution >= 0.6 is 0 Å². The fraction of sp³-hybridized carbons (Fsp3) is 0.750. The normalized spacial score (nSPS) is 10.7. The molecule has 0 aromatic heterocycles. The summed E-state index contributed by atoms with van der Waals surface area (Å²) in [6.07, 6.45) is 1.03. The molecule has 0 bridgehead atoms. The average molecular weight is 273 g/mol. The zero-order valence-corrected chi connectivity index (χ0v) is 11.9. The summed E-state index contributed by atoms with van der Waals surface area (Å²) in [6, 6.07) is -0.518. The van der Waals surface area contributed by atoms with Gasteiger partial charge in [0.25, 0.3) is 0 Å². The van der Waals surface area contributed by atoms with Crippen LogP contribution in [0.4, 0.5) is 4.79 Å². The SMILES string of the molecule is CCCNC(=O)CCNC(=O)N(C)C(C)(C)C(=O)O. The number of nitrogens with zero attached hydrogens (tertiary/aromatic N) is 1. The van der Waals surface area contributed by atoms with Gasteiger partial charge in [0.05, 0.1) is 0 Å². The maximum atomic E-state index is 11.7. The van der Waals surface area contributed by atoms with E-state index in [0.29, 0.717) is 6.54 Å². The number of likely N-dealkylation sites (N-methyl/N-ethyl adjacent to an activating group) is 1. The minimum absolute atomic E-state index is 0.137. The van der Waals surface area contributed by atoms with Crippen LogP contribution < -0.4 is 10.6 Å². The molecule has 0 aliphatic carbocycles. The number of aliphatic carboxylic acids is 1. The topological polar surface area (TPSA) is 98.7 Å². The molecule has 0 heterocycles. The molecule has 0 rings (SSSR count). The van der Waals surface area contributed by atoms with Gasteiger partial charge in [-0.15, -0.1) is 0 Å².